The van der Waals surface area contributed by atoms with E-state index in [0.29, 0.717) is 35.4 Å². The van der Waals surface area contributed by atoms with Gasteiger partial charge >= 0.3 is 6.09 Å². The van der Waals surface area contributed by atoms with Crippen LogP contribution in [0.2, 0.25) is 0 Å². The van der Waals surface area contributed by atoms with Gasteiger partial charge in [-0.2, -0.15) is 0 Å². The molecule has 2 aromatic heterocycles. The molecule has 0 radical (unpaired) electrons. The number of carbonyl (C=O) groups is 1. The monoisotopic (exact) mass is 505 g/mol. The number of fused-ring (bicyclic) bond motifs is 1. The van der Waals surface area contributed by atoms with E-state index in [1.54, 1.807) is 24.4 Å². The SMILES string of the molecule is CCCOC(=O)NS(=O)(=O)c1sc(CC(C)C)cc1-c1ccc([C@@H]2CCc3nccn32)c(F)c1. The van der Waals surface area contributed by atoms with Gasteiger partial charge in [0.25, 0.3) is 10.0 Å². The van der Waals surface area contributed by atoms with Gasteiger partial charge in [-0.25, -0.2) is 27.3 Å². The molecule has 7 nitrogen and oxygen atoms in total. The van der Waals surface area contributed by atoms with Crippen LogP contribution in [0.1, 0.15) is 55.9 Å². The molecule has 0 aliphatic carbocycles. The summed E-state index contributed by atoms with van der Waals surface area (Å²) < 4.78 is 50.3. The Kier molecular flexibility index (Phi) is 7.09. The van der Waals surface area contributed by atoms with Crippen molar-refractivity contribution in [1.82, 2.24) is 14.3 Å². The fraction of sp³-hybridized carbons (Fsp3) is 0.417. The number of benzene rings is 1. The van der Waals surface area contributed by atoms with Crippen molar-refractivity contribution in [2.24, 2.45) is 5.92 Å². The second-order valence-corrected chi connectivity index (χ2v) is 11.8. The van der Waals surface area contributed by atoms with Crippen molar-refractivity contribution < 1.29 is 22.3 Å². The molecule has 0 unspecified atom stereocenters. The number of imidazole rings is 1. The summed E-state index contributed by atoms with van der Waals surface area (Å²) in [6.45, 7) is 6.00. The molecule has 0 fully saturated rings. The molecule has 1 N–H and O–H groups in total. The minimum Gasteiger partial charge on any atom is -0.449 e. The first-order valence-corrected chi connectivity index (χ1v) is 13.6. The standard InChI is InChI=1S/C24H28FN3O4S2/c1-4-11-32-24(29)27-34(30,31)23-19(14-17(33-23)12-15(2)3)16-5-6-18(20(25)13-16)21-7-8-22-26-9-10-28(21)22/h5-6,9-10,13-15,21H,4,7-8,11-12H2,1-3H3,(H,27,29)/t21-/m0/s1. The van der Waals surface area contributed by atoms with Crippen molar-refractivity contribution in [2.45, 2.75) is 56.7 Å². The first kappa shape index (κ1) is 24.4. The molecule has 0 saturated heterocycles. The number of thiophene rings is 1. The Labute approximate surface area is 203 Å². The molecule has 1 aliphatic heterocycles. The number of hydrogen-bond acceptors (Lipinski definition) is 6. The molecule has 1 aliphatic rings. The maximum atomic E-state index is 15.3. The summed E-state index contributed by atoms with van der Waals surface area (Å²) in [5.74, 6) is 0.828. The molecule has 4 rings (SSSR count). The van der Waals surface area contributed by atoms with E-state index in [9.17, 15) is 13.2 Å². The summed E-state index contributed by atoms with van der Waals surface area (Å²) in [7, 11) is -4.20. The number of hydrogen-bond donors (Lipinski definition) is 1. The molecule has 0 saturated carbocycles. The Hall–Kier alpha value is -2.72. The van der Waals surface area contributed by atoms with Gasteiger partial charge in [0.1, 0.15) is 15.9 Å². The third-order valence-electron chi connectivity index (χ3n) is 5.65. The first-order valence-electron chi connectivity index (χ1n) is 11.3. The number of aryl methyl sites for hydroxylation is 1. The fourth-order valence-corrected chi connectivity index (χ4v) is 7.04. The van der Waals surface area contributed by atoms with E-state index in [-0.39, 0.29) is 16.9 Å². The minimum absolute atomic E-state index is 0.0264. The van der Waals surface area contributed by atoms with Crippen LogP contribution in [0.4, 0.5) is 9.18 Å². The smallest absolute Gasteiger partial charge is 0.421 e. The maximum Gasteiger partial charge on any atom is 0.421 e. The van der Waals surface area contributed by atoms with Crippen LogP contribution in [-0.4, -0.2) is 30.7 Å². The van der Waals surface area contributed by atoms with Gasteiger partial charge in [0.2, 0.25) is 0 Å². The summed E-state index contributed by atoms with van der Waals surface area (Å²) >= 11 is 1.09. The van der Waals surface area contributed by atoms with Crippen molar-refractivity contribution in [3.05, 3.63) is 58.7 Å². The number of nitrogens with one attached hydrogen (secondary N) is 1. The van der Waals surface area contributed by atoms with Gasteiger partial charge in [-0.3, -0.25) is 0 Å². The molecule has 3 heterocycles. The van der Waals surface area contributed by atoms with E-state index in [4.69, 9.17) is 4.74 Å². The highest BCUT2D eigenvalue weighted by atomic mass is 32.2. The number of aromatic nitrogens is 2. The molecular weight excluding hydrogens is 477 g/mol. The van der Waals surface area contributed by atoms with Gasteiger partial charge in [-0.1, -0.05) is 32.9 Å². The van der Waals surface area contributed by atoms with Crippen molar-refractivity contribution in [3.8, 4) is 11.1 Å². The van der Waals surface area contributed by atoms with Crippen LogP contribution in [0.5, 0.6) is 0 Å². The minimum atomic E-state index is -4.20. The molecule has 1 amide bonds. The number of carbonyl (C=O) groups excluding carboxylic acids is 1. The molecule has 34 heavy (non-hydrogen) atoms. The zero-order valence-electron chi connectivity index (χ0n) is 19.4. The van der Waals surface area contributed by atoms with Crippen molar-refractivity contribution >= 4 is 27.5 Å². The Morgan fingerprint density at radius 2 is 2.15 bits per heavy atom. The lowest BCUT2D eigenvalue weighted by molar-refractivity contribution is 0.152. The predicted octanol–water partition coefficient (Wildman–Crippen LogP) is 5.31. The lowest BCUT2D eigenvalue weighted by Crippen LogP contribution is -2.31. The Bertz CT molecular complexity index is 1300. The molecule has 0 bridgehead atoms. The zero-order valence-corrected chi connectivity index (χ0v) is 21.0. The zero-order chi connectivity index (χ0) is 24.5. The summed E-state index contributed by atoms with van der Waals surface area (Å²) in [5, 5.41) is 0. The Morgan fingerprint density at radius 3 is 2.85 bits per heavy atom. The highest BCUT2D eigenvalue weighted by Gasteiger charge is 2.29. The van der Waals surface area contributed by atoms with Crippen LogP contribution in [0.25, 0.3) is 11.1 Å². The van der Waals surface area contributed by atoms with Crippen LogP contribution >= 0.6 is 11.3 Å². The van der Waals surface area contributed by atoms with Crippen LogP contribution in [-0.2, 0) is 27.6 Å². The summed E-state index contributed by atoms with van der Waals surface area (Å²) in [5.41, 5.74) is 1.36. The Balaban J connectivity index is 1.70. The van der Waals surface area contributed by atoms with Gasteiger partial charge in [0, 0.05) is 34.8 Å². The lowest BCUT2D eigenvalue weighted by atomic mass is 9.99. The number of nitrogens with zero attached hydrogens (tertiary/aromatic N) is 2. The maximum absolute atomic E-state index is 15.3. The van der Waals surface area contributed by atoms with Crippen LogP contribution in [0, 0.1) is 11.7 Å². The molecule has 182 valence electrons. The van der Waals surface area contributed by atoms with E-state index >= 15 is 4.39 Å². The van der Waals surface area contributed by atoms with Gasteiger partial charge in [-0.15, -0.1) is 11.3 Å². The molecule has 0 spiro atoms. The van der Waals surface area contributed by atoms with E-state index in [2.05, 4.69) is 4.98 Å². The third kappa shape index (κ3) is 5.02. The quantitative estimate of drug-likeness (QED) is 0.448. The molecule has 3 aromatic rings. The fourth-order valence-electron chi connectivity index (χ4n) is 4.20. The second kappa shape index (κ2) is 9.87. The summed E-state index contributed by atoms with van der Waals surface area (Å²) in [6, 6.07) is 6.46. The number of amides is 1. The van der Waals surface area contributed by atoms with E-state index in [0.717, 1.165) is 34.9 Å². The second-order valence-electron chi connectivity index (χ2n) is 8.79. The molecule has 10 heteroatoms. The van der Waals surface area contributed by atoms with Gasteiger partial charge in [0.15, 0.2) is 0 Å². The topological polar surface area (TPSA) is 90.3 Å². The largest absolute Gasteiger partial charge is 0.449 e. The van der Waals surface area contributed by atoms with Gasteiger partial charge in [0.05, 0.1) is 12.6 Å². The number of ether oxygens (including phenoxy) is 1. The highest BCUT2D eigenvalue weighted by molar-refractivity contribution is 7.92. The first-order chi connectivity index (χ1) is 16.2. The van der Waals surface area contributed by atoms with Gasteiger partial charge < -0.3 is 9.30 Å². The lowest BCUT2D eigenvalue weighted by Gasteiger charge is -2.15. The highest BCUT2D eigenvalue weighted by Crippen LogP contribution is 2.39. The number of halogens is 1. The average Bonchev–Trinajstić information content (AvgIpc) is 3.48. The van der Waals surface area contributed by atoms with Crippen LogP contribution < -0.4 is 4.72 Å². The average molecular weight is 506 g/mol. The predicted molar refractivity (Wildman–Crippen MR) is 129 cm³/mol. The molecule has 1 aromatic carbocycles. The van der Waals surface area contributed by atoms with Gasteiger partial charge in [-0.05, 0) is 42.9 Å². The van der Waals surface area contributed by atoms with E-state index < -0.39 is 21.9 Å². The van der Waals surface area contributed by atoms with E-state index in [1.165, 1.54) is 6.07 Å². The Morgan fingerprint density at radius 1 is 1.35 bits per heavy atom. The number of rotatable bonds is 8. The molecule has 1 atom stereocenters. The third-order valence-corrected chi connectivity index (χ3v) is 8.66. The number of sulfonamides is 1. The van der Waals surface area contributed by atoms with Crippen molar-refractivity contribution in [3.63, 3.8) is 0 Å². The van der Waals surface area contributed by atoms with E-state index in [1.807, 2.05) is 36.3 Å². The van der Waals surface area contributed by atoms with Crippen molar-refractivity contribution in [1.29, 1.82) is 0 Å². The van der Waals surface area contributed by atoms with Crippen molar-refractivity contribution in [2.75, 3.05) is 6.61 Å². The van der Waals surface area contributed by atoms with Crippen LogP contribution in [0.3, 0.4) is 0 Å². The van der Waals surface area contributed by atoms with Crippen LogP contribution in [0.15, 0.2) is 40.9 Å². The normalized spacial score (nSPS) is 15.5. The summed E-state index contributed by atoms with van der Waals surface area (Å²) in [6.07, 6.45) is 5.33. The molecular formula is C24H28FN3O4S2. The summed E-state index contributed by atoms with van der Waals surface area (Å²) in [4.78, 5) is 17.1.